The molecule has 0 radical (unpaired) electrons. The van der Waals surface area contributed by atoms with Crippen molar-refractivity contribution < 1.29 is 9.90 Å². The lowest BCUT2D eigenvalue weighted by Gasteiger charge is -2.06. The van der Waals surface area contributed by atoms with E-state index in [1.165, 1.54) is 5.56 Å². The first-order valence-electron chi connectivity index (χ1n) is 6.64. The van der Waals surface area contributed by atoms with Crippen molar-refractivity contribution in [1.82, 2.24) is 9.78 Å². The summed E-state index contributed by atoms with van der Waals surface area (Å²) in [6.07, 6.45) is 3.74. The van der Waals surface area contributed by atoms with Crippen LogP contribution < -0.4 is 0 Å². The molecule has 4 nitrogen and oxygen atoms in total. The lowest BCUT2D eigenvalue weighted by molar-refractivity contribution is 0.0689. The minimum absolute atomic E-state index is 0.215. The average molecular weight is 256 g/mol. The molecule has 1 heterocycles. The molecule has 0 amide bonds. The molecule has 0 bridgehead atoms. The number of aryl methyl sites for hydroxylation is 1. The van der Waals surface area contributed by atoms with Gasteiger partial charge in [-0.1, -0.05) is 19.1 Å². The van der Waals surface area contributed by atoms with Crippen LogP contribution in [0.25, 0.3) is 5.69 Å². The van der Waals surface area contributed by atoms with Crippen LogP contribution >= 0.6 is 0 Å². The molecule has 1 aliphatic rings. The Kier molecular flexibility index (Phi) is 2.85. The summed E-state index contributed by atoms with van der Waals surface area (Å²) in [4.78, 5) is 11.2. The second-order valence-electron chi connectivity index (χ2n) is 4.86. The van der Waals surface area contributed by atoms with Gasteiger partial charge in [0.2, 0.25) is 0 Å². The maximum absolute atomic E-state index is 11.2. The first kappa shape index (κ1) is 12.0. The average Bonchev–Trinajstić information content (AvgIpc) is 3.00. The zero-order valence-electron chi connectivity index (χ0n) is 10.9. The van der Waals surface area contributed by atoms with Gasteiger partial charge in [-0.15, -0.1) is 0 Å². The van der Waals surface area contributed by atoms with Crippen molar-refractivity contribution in [2.75, 3.05) is 0 Å². The highest BCUT2D eigenvalue weighted by Crippen LogP contribution is 2.27. The molecule has 0 unspecified atom stereocenters. The predicted molar refractivity (Wildman–Crippen MR) is 71.9 cm³/mol. The van der Waals surface area contributed by atoms with Crippen LogP contribution in [-0.2, 0) is 19.3 Å². The highest BCUT2D eigenvalue weighted by atomic mass is 16.4. The Hall–Kier alpha value is -2.10. The van der Waals surface area contributed by atoms with E-state index >= 15 is 0 Å². The predicted octanol–water partition coefficient (Wildman–Crippen LogP) is 2.62. The number of nitrogens with zero attached hydrogens (tertiary/aromatic N) is 2. The fourth-order valence-corrected chi connectivity index (χ4v) is 2.70. The van der Waals surface area contributed by atoms with E-state index in [0.29, 0.717) is 0 Å². The Balaban J connectivity index is 2.09. The fourth-order valence-electron chi connectivity index (χ4n) is 2.70. The molecule has 0 aliphatic heterocycles. The maximum Gasteiger partial charge on any atom is 0.356 e. The van der Waals surface area contributed by atoms with Crippen molar-refractivity contribution in [2.45, 2.75) is 32.6 Å². The van der Waals surface area contributed by atoms with E-state index in [1.807, 2.05) is 12.1 Å². The van der Waals surface area contributed by atoms with Gasteiger partial charge < -0.3 is 5.11 Å². The minimum Gasteiger partial charge on any atom is -0.476 e. The van der Waals surface area contributed by atoms with Gasteiger partial charge in [-0.2, -0.15) is 5.10 Å². The molecule has 98 valence electrons. The van der Waals surface area contributed by atoms with Crippen molar-refractivity contribution in [3.05, 3.63) is 46.8 Å². The van der Waals surface area contributed by atoms with E-state index in [9.17, 15) is 9.90 Å². The molecule has 1 aromatic heterocycles. The maximum atomic E-state index is 11.2. The highest BCUT2D eigenvalue weighted by molar-refractivity contribution is 5.87. The molecule has 1 N–H and O–H groups in total. The third-order valence-electron chi connectivity index (χ3n) is 3.72. The normalized spacial score (nSPS) is 13.5. The molecule has 1 aromatic carbocycles. The van der Waals surface area contributed by atoms with Crippen molar-refractivity contribution in [3.63, 3.8) is 0 Å². The molecule has 0 spiro atoms. The van der Waals surface area contributed by atoms with Crippen LogP contribution in [0.2, 0.25) is 0 Å². The number of hydrogen-bond donors (Lipinski definition) is 1. The molecular weight excluding hydrogens is 240 g/mol. The molecule has 3 rings (SSSR count). The van der Waals surface area contributed by atoms with E-state index in [1.54, 1.807) is 4.68 Å². The summed E-state index contributed by atoms with van der Waals surface area (Å²) in [6, 6.07) is 8.16. The molecule has 19 heavy (non-hydrogen) atoms. The summed E-state index contributed by atoms with van der Waals surface area (Å²) < 4.78 is 1.80. The van der Waals surface area contributed by atoms with E-state index in [4.69, 9.17) is 0 Å². The van der Waals surface area contributed by atoms with Gasteiger partial charge in [0.15, 0.2) is 5.69 Å². The quantitative estimate of drug-likeness (QED) is 0.918. The zero-order chi connectivity index (χ0) is 13.4. The van der Waals surface area contributed by atoms with Gasteiger partial charge in [-0.3, -0.25) is 0 Å². The van der Waals surface area contributed by atoms with E-state index < -0.39 is 5.97 Å². The van der Waals surface area contributed by atoms with Crippen LogP contribution in [0.15, 0.2) is 24.3 Å². The fraction of sp³-hybridized carbons (Fsp3) is 0.333. The molecule has 4 heteroatoms. The van der Waals surface area contributed by atoms with Crippen LogP contribution in [-0.4, -0.2) is 20.9 Å². The number of hydrogen-bond acceptors (Lipinski definition) is 2. The van der Waals surface area contributed by atoms with Gasteiger partial charge in [-0.05, 0) is 43.4 Å². The summed E-state index contributed by atoms with van der Waals surface area (Å²) >= 11 is 0. The number of carbonyl (C=O) groups is 1. The van der Waals surface area contributed by atoms with Crippen LogP contribution in [0.1, 0.15) is 40.7 Å². The van der Waals surface area contributed by atoms with Crippen molar-refractivity contribution in [3.8, 4) is 5.69 Å². The molecule has 0 saturated carbocycles. The molecule has 2 aromatic rings. The first-order chi connectivity index (χ1) is 9.20. The lowest BCUT2D eigenvalue weighted by Crippen LogP contribution is -2.04. The van der Waals surface area contributed by atoms with Gasteiger partial charge in [-0.25, -0.2) is 9.48 Å². The lowest BCUT2D eigenvalue weighted by atomic mass is 10.1. The summed E-state index contributed by atoms with van der Waals surface area (Å²) in [7, 11) is 0. The van der Waals surface area contributed by atoms with Crippen molar-refractivity contribution in [2.24, 2.45) is 0 Å². The van der Waals surface area contributed by atoms with E-state index in [-0.39, 0.29) is 5.69 Å². The molecule has 1 aliphatic carbocycles. The van der Waals surface area contributed by atoms with Gasteiger partial charge in [0.25, 0.3) is 0 Å². The molecular formula is C15H16N2O2. The number of carboxylic acids is 1. The van der Waals surface area contributed by atoms with Crippen LogP contribution in [0.3, 0.4) is 0 Å². The Bertz CT molecular complexity index is 626. The number of benzene rings is 1. The van der Waals surface area contributed by atoms with Crippen LogP contribution in [0.4, 0.5) is 0 Å². The van der Waals surface area contributed by atoms with Crippen LogP contribution in [0, 0.1) is 0 Å². The Morgan fingerprint density at radius 2 is 2.05 bits per heavy atom. The van der Waals surface area contributed by atoms with Gasteiger partial charge >= 0.3 is 5.97 Å². The molecule has 0 atom stereocenters. The first-order valence-corrected chi connectivity index (χ1v) is 6.64. The topological polar surface area (TPSA) is 55.1 Å². The minimum atomic E-state index is -0.929. The summed E-state index contributed by atoms with van der Waals surface area (Å²) in [6.45, 7) is 2.11. The van der Waals surface area contributed by atoms with Gasteiger partial charge in [0, 0.05) is 11.3 Å². The molecule has 0 fully saturated rings. The second kappa shape index (κ2) is 4.53. The van der Waals surface area contributed by atoms with Gasteiger partial charge in [0.05, 0.1) is 5.69 Å². The number of aromatic nitrogens is 2. The third-order valence-corrected chi connectivity index (χ3v) is 3.72. The van der Waals surface area contributed by atoms with Gasteiger partial charge in [0.1, 0.15) is 0 Å². The second-order valence-corrected chi connectivity index (χ2v) is 4.86. The summed E-state index contributed by atoms with van der Waals surface area (Å²) in [5.41, 5.74) is 4.40. The smallest absolute Gasteiger partial charge is 0.356 e. The number of fused-ring (bicyclic) bond motifs is 1. The standard InChI is InChI=1S/C15H16N2O2/c1-2-10-6-8-11(9-7-10)17-13-5-3-4-12(13)14(16-17)15(18)19/h6-9H,2-5H2,1H3,(H,18,19). The summed E-state index contributed by atoms with van der Waals surface area (Å²) in [5.74, 6) is -0.929. The SMILES string of the molecule is CCc1ccc(-n2nc(C(=O)O)c3c2CCC3)cc1. The van der Waals surface area contributed by atoms with E-state index in [2.05, 4.69) is 24.2 Å². The Labute approximate surface area is 111 Å². The largest absolute Gasteiger partial charge is 0.476 e. The van der Waals surface area contributed by atoms with Crippen LogP contribution in [0.5, 0.6) is 0 Å². The Morgan fingerprint density at radius 3 is 2.68 bits per heavy atom. The Morgan fingerprint density at radius 1 is 1.32 bits per heavy atom. The number of aromatic carboxylic acids is 1. The monoisotopic (exact) mass is 256 g/mol. The molecule has 0 saturated heterocycles. The highest BCUT2D eigenvalue weighted by Gasteiger charge is 2.26. The summed E-state index contributed by atoms with van der Waals surface area (Å²) in [5, 5.41) is 13.5. The van der Waals surface area contributed by atoms with Crippen molar-refractivity contribution in [1.29, 1.82) is 0 Å². The third kappa shape index (κ3) is 1.93. The van der Waals surface area contributed by atoms with Crippen molar-refractivity contribution >= 4 is 5.97 Å². The zero-order valence-corrected chi connectivity index (χ0v) is 10.9. The van der Waals surface area contributed by atoms with E-state index in [0.717, 1.165) is 42.6 Å². The number of rotatable bonds is 3. The number of carboxylic acid groups (broad SMARTS) is 1.